The van der Waals surface area contributed by atoms with E-state index in [-0.39, 0.29) is 29.8 Å². The topological polar surface area (TPSA) is 86.8 Å². The standard InChI is InChI=1S/C21H22N2O5/c1-4-26-21(25)18-17-12(3)14(28-19(17)18)7-5-11(2)27-15-9-10-22-20-13(15)6-8-16(24)23-20/h5,7,9-10,17-19H,3-4,6,8H2,1-2H3,(H,22,23,24)/b11-5+,14-7+/t17-,18?,19-/m0/s1. The highest BCUT2D eigenvalue weighted by Crippen LogP contribution is 2.56. The maximum absolute atomic E-state index is 11.9. The predicted octanol–water partition coefficient (Wildman–Crippen LogP) is 2.90. The van der Waals surface area contributed by atoms with E-state index in [1.807, 2.05) is 6.92 Å². The van der Waals surface area contributed by atoms with Crippen LogP contribution in [-0.4, -0.2) is 29.6 Å². The minimum absolute atomic E-state index is 0.00996. The van der Waals surface area contributed by atoms with Crippen LogP contribution in [0.1, 0.15) is 25.8 Å². The van der Waals surface area contributed by atoms with Gasteiger partial charge in [0.2, 0.25) is 5.91 Å². The van der Waals surface area contributed by atoms with E-state index in [0.29, 0.717) is 42.5 Å². The Morgan fingerprint density at radius 2 is 2.29 bits per heavy atom. The van der Waals surface area contributed by atoms with E-state index in [2.05, 4.69) is 16.9 Å². The molecule has 0 radical (unpaired) electrons. The summed E-state index contributed by atoms with van der Waals surface area (Å²) < 4.78 is 16.8. The van der Waals surface area contributed by atoms with Gasteiger partial charge in [0.05, 0.1) is 6.61 Å². The Morgan fingerprint density at radius 3 is 3.00 bits per heavy atom. The summed E-state index contributed by atoms with van der Waals surface area (Å²) >= 11 is 0. The molecule has 1 saturated carbocycles. The number of ether oxygens (including phenoxy) is 3. The van der Waals surface area contributed by atoms with E-state index in [4.69, 9.17) is 14.2 Å². The Bertz CT molecular complexity index is 917. The summed E-state index contributed by atoms with van der Waals surface area (Å²) in [5.74, 6) is 2.08. The van der Waals surface area contributed by atoms with Gasteiger partial charge in [-0.05, 0) is 44.1 Å². The molecule has 28 heavy (non-hydrogen) atoms. The van der Waals surface area contributed by atoms with Gasteiger partial charge in [-0.15, -0.1) is 0 Å². The molecule has 1 aliphatic carbocycles. The van der Waals surface area contributed by atoms with Gasteiger partial charge >= 0.3 is 5.97 Å². The van der Waals surface area contributed by atoms with Crippen molar-refractivity contribution in [1.29, 1.82) is 0 Å². The number of anilines is 1. The molecule has 1 unspecified atom stereocenters. The number of rotatable bonds is 5. The van der Waals surface area contributed by atoms with Crippen LogP contribution in [0.15, 0.2) is 48.1 Å². The van der Waals surface area contributed by atoms with E-state index in [0.717, 1.165) is 11.1 Å². The Morgan fingerprint density at radius 1 is 1.46 bits per heavy atom. The van der Waals surface area contributed by atoms with Crippen molar-refractivity contribution >= 4 is 17.7 Å². The van der Waals surface area contributed by atoms with Crippen molar-refractivity contribution in [3.63, 3.8) is 0 Å². The molecule has 1 saturated heterocycles. The highest BCUT2D eigenvalue weighted by Gasteiger charge is 2.64. The molecule has 146 valence electrons. The van der Waals surface area contributed by atoms with Gasteiger partial charge in [-0.2, -0.15) is 0 Å². The summed E-state index contributed by atoms with van der Waals surface area (Å²) in [6.07, 6.45) is 6.07. The van der Waals surface area contributed by atoms with Crippen molar-refractivity contribution in [3.05, 3.63) is 53.6 Å². The van der Waals surface area contributed by atoms with Crippen molar-refractivity contribution in [2.75, 3.05) is 11.9 Å². The molecule has 1 aromatic rings. The number of fused-ring (bicyclic) bond motifs is 2. The number of amides is 1. The minimum Gasteiger partial charge on any atom is -0.489 e. The van der Waals surface area contributed by atoms with Crippen molar-refractivity contribution in [2.45, 2.75) is 32.8 Å². The molecule has 0 aromatic carbocycles. The van der Waals surface area contributed by atoms with Gasteiger partial charge in [0.15, 0.2) is 0 Å². The lowest BCUT2D eigenvalue weighted by atomic mass is 10.1. The van der Waals surface area contributed by atoms with Crippen LogP contribution in [-0.2, 0) is 25.5 Å². The molecule has 7 nitrogen and oxygen atoms in total. The monoisotopic (exact) mass is 382 g/mol. The van der Waals surface area contributed by atoms with Gasteiger partial charge in [-0.1, -0.05) is 6.58 Å². The molecule has 4 rings (SSSR count). The molecule has 3 atom stereocenters. The van der Waals surface area contributed by atoms with Crippen LogP contribution >= 0.6 is 0 Å². The fourth-order valence-corrected chi connectivity index (χ4v) is 3.65. The molecule has 1 aromatic heterocycles. The third-order valence-corrected chi connectivity index (χ3v) is 5.11. The van der Waals surface area contributed by atoms with Crippen molar-refractivity contribution in [2.24, 2.45) is 11.8 Å². The first-order chi connectivity index (χ1) is 13.5. The molecule has 7 heteroatoms. The van der Waals surface area contributed by atoms with Crippen LogP contribution in [0.25, 0.3) is 0 Å². The quantitative estimate of drug-likeness (QED) is 0.622. The molecule has 1 amide bonds. The number of hydrogen-bond donors (Lipinski definition) is 1. The largest absolute Gasteiger partial charge is 0.489 e. The maximum Gasteiger partial charge on any atom is 0.313 e. The first-order valence-corrected chi connectivity index (χ1v) is 9.36. The fraction of sp³-hybridized carbons (Fsp3) is 0.381. The van der Waals surface area contributed by atoms with Crippen LogP contribution < -0.4 is 10.1 Å². The molecule has 1 N–H and O–H groups in total. The Balaban J connectivity index is 1.42. The Labute approximate surface area is 163 Å². The van der Waals surface area contributed by atoms with Crippen molar-refractivity contribution in [1.82, 2.24) is 4.98 Å². The van der Waals surface area contributed by atoms with Gasteiger partial charge in [-0.25, -0.2) is 4.98 Å². The van der Waals surface area contributed by atoms with Crippen molar-refractivity contribution in [3.8, 4) is 5.75 Å². The SMILES string of the molecule is C=C1/C(=C\C=C(/C)Oc2ccnc3c2CCC(=O)N3)O[C@@H]2C(C(=O)OCC)[C@H]12. The lowest BCUT2D eigenvalue weighted by molar-refractivity contribution is -0.146. The zero-order chi connectivity index (χ0) is 19.8. The second-order valence-corrected chi connectivity index (χ2v) is 7.01. The zero-order valence-electron chi connectivity index (χ0n) is 15.9. The van der Waals surface area contributed by atoms with E-state index in [1.54, 1.807) is 31.3 Å². The van der Waals surface area contributed by atoms with Gasteiger partial charge in [0.25, 0.3) is 0 Å². The summed E-state index contributed by atoms with van der Waals surface area (Å²) in [5.41, 5.74) is 1.71. The van der Waals surface area contributed by atoms with Crippen LogP contribution in [0.3, 0.4) is 0 Å². The van der Waals surface area contributed by atoms with Crippen molar-refractivity contribution < 1.29 is 23.8 Å². The summed E-state index contributed by atoms with van der Waals surface area (Å²) in [5, 5.41) is 2.76. The van der Waals surface area contributed by atoms with E-state index in [9.17, 15) is 9.59 Å². The molecule has 2 fully saturated rings. The highest BCUT2D eigenvalue weighted by atomic mass is 16.5. The first-order valence-electron chi connectivity index (χ1n) is 9.36. The smallest absolute Gasteiger partial charge is 0.313 e. The maximum atomic E-state index is 11.9. The van der Waals surface area contributed by atoms with Crippen LogP contribution in [0.5, 0.6) is 5.75 Å². The van der Waals surface area contributed by atoms with E-state index >= 15 is 0 Å². The van der Waals surface area contributed by atoms with Crippen LogP contribution in [0, 0.1) is 11.8 Å². The number of carbonyl (C=O) groups is 2. The number of nitrogens with one attached hydrogen (secondary N) is 1. The third-order valence-electron chi connectivity index (χ3n) is 5.11. The molecular formula is C21H22N2O5. The zero-order valence-corrected chi connectivity index (χ0v) is 15.9. The second kappa shape index (κ2) is 7.14. The molecule has 3 aliphatic rings. The molecule has 3 heterocycles. The predicted molar refractivity (Wildman–Crippen MR) is 101 cm³/mol. The minimum atomic E-state index is -0.232. The van der Waals surface area contributed by atoms with Gasteiger partial charge < -0.3 is 19.5 Å². The molecule has 2 aliphatic heterocycles. The van der Waals surface area contributed by atoms with Gasteiger partial charge in [0.1, 0.15) is 35.1 Å². The highest BCUT2D eigenvalue weighted by molar-refractivity contribution is 5.93. The normalized spacial score (nSPS) is 26.9. The number of nitrogens with zero attached hydrogens (tertiary/aromatic N) is 1. The molecular weight excluding hydrogens is 360 g/mol. The van der Waals surface area contributed by atoms with E-state index < -0.39 is 0 Å². The first kappa shape index (κ1) is 18.3. The average molecular weight is 382 g/mol. The Kier molecular flexibility index (Phi) is 4.66. The molecule has 0 spiro atoms. The second-order valence-electron chi connectivity index (χ2n) is 7.01. The Hall–Kier alpha value is -3.09. The summed E-state index contributed by atoms with van der Waals surface area (Å²) in [4.78, 5) is 27.6. The number of pyridine rings is 1. The molecule has 0 bridgehead atoms. The van der Waals surface area contributed by atoms with Crippen LogP contribution in [0.4, 0.5) is 5.82 Å². The van der Waals surface area contributed by atoms with Crippen LogP contribution in [0.2, 0.25) is 0 Å². The number of carbonyl (C=O) groups excluding carboxylic acids is 2. The van der Waals surface area contributed by atoms with Gasteiger partial charge in [-0.3, -0.25) is 9.59 Å². The number of aromatic nitrogens is 1. The summed E-state index contributed by atoms with van der Waals surface area (Å²) in [6.45, 7) is 8.05. The van der Waals surface area contributed by atoms with Gasteiger partial charge in [0, 0.05) is 24.1 Å². The summed E-state index contributed by atoms with van der Waals surface area (Å²) in [6, 6.07) is 1.78. The number of esters is 1. The third kappa shape index (κ3) is 3.28. The number of hydrogen-bond acceptors (Lipinski definition) is 6. The summed E-state index contributed by atoms with van der Waals surface area (Å²) in [7, 11) is 0. The van der Waals surface area contributed by atoms with E-state index in [1.165, 1.54) is 0 Å². The lowest BCUT2D eigenvalue weighted by Crippen LogP contribution is -2.20. The fourth-order valence-electron chi connectivity index (χ4n) is 3.65. The lowest BCUT2D eigenvalue weighted by Gasteiger charge is -2.18. The average Bonchev–Trinajstić information content (AvgIpc) is 3.29. The number of allylic oxidation sites excluding steroid dienone is 4.